The molecule has 0 aromatic heterocycles. The van der Waals surface area contributed by atoms with Crippen molar-refractivity contribution in [3.63, 3.8) is 0 Å². The molecule has 0 aromatic carbocycles. The third-order valence-electron chi connectivity index (χ3n) is 1.76. The van der Waals surface area contributed by atoms with E-state index in [1.165, 1.54) is 0 Å². The fourth-order valence-corrected chi connectivity index (χ4v) is 3.04. The Hall–Kier alpha value is -0.710. The summed E-state index contributed by atoms with van der Waals surface area (Å²) in [5.41, 5.74) is 0. The molecule has 1 atom stereocenters. The first kappa shape index (κ1) is 17.3. The van der Waals surface area contributed by atoms with Crippen molar-refractivity contribution in [1.82, 2.24) is 9.44 Å². The van der Waals surface area contributed by atoms with Gasteiger partial charge in [0.25, 0.3) is 10.2 Å². The molecular formula is C8H18N2O6S2. The lowest BCUT2D eigenvalue weighted by Gasteiger charge is -2.16. The van der Waals surface area contributed by atoms with Crippen LogP contribution >= 0.6 is 0 Å². The van der Waals surface area contributed by atoms with Crippen LogP contribution in [0.2, 0.25) is 0 Å². The van der Waals surface area contributed by atoms with Gasteiger partial charge in [-0.3, -0.25) is 4.79 Å². The minimum absolute atomic E-state index is 0.326. The van der Waals surface area contributed by atoms with Gasteiger partial charge in [0.05, 0.1) is 5.75 Å². The average molecular weight is 302 g/mol. The van der Waals surface area contributed by atoms with E-state index in [9.17, 15) is 21.6 Å². The van der Waals surface area contributed by atoms with Crippen LogP contribution < -0.4 is 9.44 Å². The number of carboxylic acid groups (broad SMARTS) is 1. The van der Waals surface area contributed by atoms with Gasteiger partial charge in [0.1, 0.15) is 15.9 Å². The number of nitrogens with one attached hydrogen (secondary N) is 2. The van der Waals surface area contributed by atoms with E-state index in [2.05, 4.69) is 4.72 Å². The van der Waals surface area contributed by atoms with Crippen LogP contribution in [0.3, 0.4) is 0 Å². The fourth-order valence-electron chi connectivity index (χ4n) is 1.10. The van der Waals surface area contributed by atoms with Crippen LogP contribution in [0.15, 0.2) is 0 Å². The number of hydrogen-bond acceptors (Lipinski definition) is 5. The summed E-state index contributed by atoms with van der Waals surface area (Å²) >= 11 is 0. The van der Waals surface area contributed by atoms with Crippen molar-refractivity contribution in [2.75, 3.05) is 12.0 Å². The number of hydrogen-bond donors (Lipinski definition) is 3. The van der Waals surface area contributed by atoms with E-state index in [0.29, 0.717) is 0 Å². The van der Waals surface area contributed by atoms with Gasteiger partial charge in [-0.2, -0.15) is 17.9 Å². The van der Waals surface area contributed by atoms with Gasteiger partial charge >= 0.3 is 5.97 Å². The van der Waals surface area contributed by atoms with Crippen molar-refractivity contribution < 1.29 is 26.7 Å². The summed E-state index contributed by atoms with van der Waals surface area (Å²) in [4.78, 5) is 10.8. The Morgan fingerprint density at radius 2 is 1.67 bits per heavy atom. The molecular weight excluding hydrogens is 284 g/mol. The number of carboxylic acids is 1. The van der Waals surface area contributed by atoms with E-state index in [1.807, 2.05) is 4.72 Å². The Bertz CT molecular complexity index is 482. The summed E-state index contributed by atoms with van der Waals surface area (Å²) in [6.07, 6.45) is 0.625. The van der Waals surface area contributed by atoms with Crippen molar-refractivity contribution in [2.45, 2.75) is 32.4 Å². The van der Waals surface area contributed by atoms with E-state index >= 15 is 0 Å². The number of carbonyl (C=O) groups is 1. The van der Waals surface area contributed by atoms with Crippen LogP contribution in [0.4, 0.5) is 0 Å². The molecule has 108 valence electrons. The topological polar surface area (TPSA) is 130 Å². The molecule has 1 unspecified atom stereocenters. The van der Waals surface area contributed by atoms with E-state index in [0.717, 1.165) is 6.26 Å². The molecule has 0 heterocycles. The van der Waals surface area contributed by atoms with Crippen LogP contribution in [0, 0.1) is 0 Å². The predicted molar refractivity (Wildman–Crippen MR) is 66.1 cm³/mol. The first-order chi connectivity index (χ1) is 7.93. The third-order valence-corrected chi connectivity index (χ3v) is 4.12. The molecule has 10 heteroatoms. The minimum atomic E-state index is -3.97. The lowest BCUT2D eigenvalue weighted by Crippen LogP contribution is -2.48. The highest BCUT2D eigenvalue weighted by atomic mass is 32.2. The van der Waals surface area contributed by atoms with Crippen molar-refractivity contribution >= 4 is 26.0 Å². The highest BCUT2D eigenvalue weighted by Gasteiger charge is 2.25. The van der Waals surface area contributed by atoms with Gasteiger partial charge in [-0.05, 0) is 20.3 Å². The molecule has 0 saturated heterocycles. The second kappa shape index (κ2) is 6.45. The third kappa shape index (κ3) is 8.39. The molecule has 3 N–H and O–H groups in total. The predicted octanol–water partition coefficient (Wildman–Crippen LogP) is -1.29. The van der Waals surface area contributed by atoms with Crippen molar-refractivity contribution in [3.8, 4) is 0 Å². The molecule has 0 aliphatic heterocycles. The second-order valence-electron chi connectivity index (χ2n) is 4.20. The maximum atomic E-state index is 11.4. The monoisotopic (exact) mass is 302 g/mol. The standard InChI is InChI=1S/C8H18N2O6S2/c1-6(2)9-18(15,16)10-7(8(11)12)4-5-17(3,13)14/h6-7,9-10H,4-5H2,1-3H3,(H,11,12). The van der Waals surface area contributed by atoms with Gasteiger partial charge in [-0.25, -0.2) is 8.42 Å². The Kier molecular flexibility index (Phi) is 6.20. The lowest BCUT2D eigenvalue weighted by molar-refractivity contribution is -0.139. The molecule has 0 aromatic rings. The van der Waals surface area contributed by atoms with Gasteiger partial charge in [0.2, 0.25) is 0 Å². The molecule has 0 bridgehead atoms. The normalized spacial score (nSPS) is 14.7. The highest BCUT2D eigenvalue weighted by Crippen LogP contribution is 1.99. The maximum Gasteiger partial charge on any atom is 0.321 e. The van der Waals surface area contributed by atoms with Crippen molar-refractivity contribution in [2.24, 2.45) is 0 Å². The van der Waals surface area contributed by atoms with E-state index in [1.54, 1.807) is 13.8 Å². The van der Waals surface area contributed by atoms with Crippen LogP contribution in [0.1, 0.15) is 20.3 Å². The molecule has 0 radical (unpaired) electrons. The molecule has 0 fully saturated rings. The Morgan fingerprint density at radius 3 is 2.00 bits per heavy atom. The Morgan fingerprint density at radius 1 is 1.17 bits per heavy atom. The van der Waals surface area contributed by atoms with E-state index < -0.39 is 43.9 Å². The van der Waals surface area contributed by atoms with Crippen LogP contribution in [0.5, 0.6) is 0 Å². The molecule has 0 saturated carbocycles. The summed E-state index contributed by atoms with van der Waals surface area (Å²) in [7, 11) is -7.32. The Labute approximate surface area is 107 Å². The quantitative estimate of drug-likeness (QED) is 0.511. The van der Waals surface area contributed by atoms with Crippen molar-refractivity contribution in [1.29, 1.82) is 0 Å². The Balaban J connectivity index is 4.69. The average Bonchev–Trinajstić information content (AvgIpc) is 2.07. The fraction of sp³-hybridized carbons (Fsp3) is 0.875. The summed E-state index contributed by atoms with van der Waals surface area (Å²) in [5.74, 6) is -1.83. The molecule has 8 nitrogen and oxygen atoms in total. The van der Waals surface area contributed by atoms with Gasteiger partial charge in [0.15, 0.2) is 0 Å². The zero-order chi connectivity index (χ0) is 14.6. The summed E-state index contributed by atoms with van der Waals surface area (Å²) < 4.78 is 48.8. The summed E-state index contributed by atoms with van der Waals surface area (Å²) in [6.45, 7) is 3.15. The van der Waals surface area contributed by atoms with E-state index in [4.69, 9.17) is 5.11 Å². The van der Waals surface area contributed by atoms with Crippen molar-refractivity contribution in [3.05, 3.63) is 0 Å². The number of sulfone groups is 1. The number of rotatable bonds is 8. The minimum Gasteiger partial charge on any atom is -0.480 e. The molecule has 18 heavy (non-hydrogen) atoms. The maximum absolute atomic E-state index is 11.4. The molecule has 0 aliphatic carbocycles. The first-order valence-electron chi connectivity index (χ1n) is 5.13. The molecule has 0 rings (SSSR count). The zero-order valence-electron chi connectivity index (χ0n) is 10.4. The molecule has 0 spiro atoms. The van der Waals surface area contributed by atoms with Crippen LogP contribution in [-0.2, 0) is 24.8 Å². The van der Waals surface area contributed by atoms with Crippen LogP contribution in [-0.4, -0.2) is 52.0 Å². The zero-order valence-corrected chi connectivity index (χ0v) is 12.0. The SMILES string of the molecule is CC(C)NS(=O)(=O)NC(CCS(C)(=O)=O)C(=O)O. The summed E-state index contributed by atoms with van der Waals surface area (Å²) in [6, 6.07) is -1.87. The van der Waals surface area contributed by atoms with Gasteiger partial charge in [0, 0.05) is 12.3 Å². The second-order valence-corrected chi connectivity index (χ2v) is 7.94. The lowest BCUT2D eigenvalue weighted by atomic mass is 10.2. The smallest absolute Gasteiger partial charge is 0.321 e. The van der Waals surface area contributed by atoms with Crippen LogP contribution in [0.25, 0.3) is 0 Å². The number of aliphatic carboxylic acids is 1. The van der Waals surface area contributed by atoms with E-state index in [-0.39, 0.29) is 6.42 Å². The van der Waals surface area contributed by atoms with Gasteiger partial charge in [-0.1, -0.05) is 0 Å². The van der Waals surface area contributed by atoms with Gasteiger partial charge < -0.3 is 5.11 Å². The first-order valence-corrected chi connectivity index (χ1v) is 8.67. The van der Waals surface area contributed by atoms with Gasteiger partial charge in [-0.15, -0.1) is 0 Å². The largest absolute Gasteiger partial charge is 0.480 e. The summed E-state index contributed by atoms with van der Waals surface area (Å²) in [5, 5.41) is 8.82. The molecule has 0 amide bonds. The highest BCUT2D eigenvalue weighted by molar-refractivity contribution is 7.90. The molecule has 0 aliphatic rings.